The van der Waals surface area contributed by atoms with Gasteiger partial charge in [0.15, 0.2) is 0 Å². The first-order valence-electron chi connectivity index (χ1n) is 18.9. The summed E-state index contributed by atoms with van der Waals surface area (Å²) < 4.78 is 82.1. The Bertz CT molecular complexity index is 2460. The minimum atomic E-state index is -4.74. The summed E-state index contributed by atoms with van der Waals surface area (Å²) in [5.41, 5.74) is 1.40. The number of hydrogen-bond acceptors (Lipinski definition) is 12. The van der Waals surface area contributed by atoms with Crippen LogP contribution in [-0.4, -0.2) is 97.3 Å². The van der Waals surface area contributed by atoms with Gasteiger partial charge in [0, 0.05) is 68.8 Å². The number of nitrogens with zero attached hydrogens (tertiary/aromatic N) is 6. The van der Waals surface area contributed by atoms with E-state index in [0.717, 1.165) is 40.1 Å². The smallest absolute Gasteiger partial charge is 0.371 e. The van der Waals surface area contributed by atoms with Gasteiger partial charge in [-0.15, -0.1) is 0 Å². The summed E-state index contributed by atoms with van der Waals surface area (Å²) in [5.74, 6) is -3.87. The van der Waals surface area contributed by atoms with E-state index in [2.05, 4.69) is 30.8 Å². The summed E-state index contributed by atoms with van der Waals surface area (Å²) in [6.07, 6.45) is -1.56. The molecule has 2 saturated heterocycles. The molecule has 3 aromatic carbocycles. The highest BCUT2D eigenvalue weighted by molar-refractivity contribution is 7.92. The molecule has 3 aliphatic rings. The van der Waals surface area contributed by atoms with Gasteiger partial charge in [-0.25, -0.2) is 17.8 Å². The molecule has 3 N–H and O–H groups in total. The van der Waals surface area contributed by atoms with Crippen LogP contribution in [0.5, 0.6) is 0 Å². The summed E-state index contributed by atoms with van der Waals surface area (Å²) in [5, 5.41) is 7.82. The fourth-order valence-electron chi connectivity index (χ4n) is 7.53. The van der Waals surface area contributed by atoms with Crippen LogP contribution in [0.1, 0.15) is 63.1 Å². The standard InChI is InChI=1S/C40H41F4N9O6S/c1-50(22-24-18-29-30(19-32(24)41)38(57)53(37(29)56)33-11-12-34(54)48-36(33)55)26-13-15-52(16-14-26)27-9-7-25(8-10-27)47-39-46-21-31(40(42,43)44)35(49-39)45-20-23-5-4-6-28(17-23)51(2)60(3,58)59/h4-10,17-19,21,26,33H,11-16,20,22H2,1-3H3,(H,48,54,55)(H2,45,46,47,49). The number of benzene rings is 3. The van der Waals surface area contributed by atoms with Crippen molar-refractivity contribution >= 4 is 62.5 Å². The lowest BCUT2D eigenvalue weighted by Gasteiger charge is -2.38. The maximum atomic E-state index is 15.4. The number of hydrogen-bond donors (Lipinski definition) is 3. The van der Waals surface area contributed by atoms with E-state index in [1.807, 2.05) is 24.1 Å². The Morgan fingerprint density at radius 1 is 0.933 bits per heavy atom. The van der Waals surface area contributed by atoms with Crippen molar-refractivity contribution in [2.75, 3.05) is 53.3 Å². The van der Waals surface area contributed by atoms with Crippen molar-refractivity contribution in [2.45, 2.75) is 57.0 Å². The lowest BCUT2D eigenvalue weighted by atomic mass is 10.0. The molecule has 2 fully saturated rings. The summed E-state index contributed by atoms with van der Waals surface area (Å²) >= 11 is 0. The Hall–Kier alpha value is -6.15. The molecule has 7 rings (SSSR count). The van der Waals surface area contributed by atoms with Crippen molar-refractivity contribution in [3.05, 3.63) is 100 Å². The molecule has 0 aliphatic carbocycles. The van der Waals surface area contributed by atoms with Gasteiger partial charge >= 0.3 is 6.18 Å². The van der Waals surface area contributed by atoms with E-state index in [1.165, 1.54) is 13.1 Å². The van der Waals surface area contributed by atoms with Gasteiger partial charge in [-0.3, -0.25) is 38.6 Å². The molecule has 4 amide bonds. The monoisotopic (exact) mass is 851 g/mol. The van der Waals surface area contributed by atoms with Gasteiger partial charge in [-0.05, 0) is 80.4 Å². The molecule has 15 nitrogen and oxygen atoms in total. The van der Waals surface area contributed by atoms with Crippen LogP contribution < -0.4 is 25.2 Å². The second-order valence-corrected chi connectivity index (χ2v) is 17.0. The van der Waals surface area contributed by atoms with E-state index in [0.29, 0.717) is 36.2 Å². The van der Waals surface area contributed by atoms with Gasteiger partial charge in [-0.2, -0.15) is 18.2 Å². The Morgan fingerprint density at radius 2 is 1.62 bits per heavy atom. The van der Waals surface area contributed by atoms with Crippen molar-refractivity contribution < 1.29 is 45.2 Å². The lowest BCUT2D eigenvalue weighted by molar-refractivity contribution is -0.138. The zero-order chi connectivity index (χ0) is 43.1. The highest BCUT2D eigenvalue weighted by Gasteiger charge is 2.45. The molecule has 20 heteroatoms. The fraction of sp³-hybridized carbons (Fsp3) is 0.350. The van der Waals surface area contributed by atoms with Crippen molar-refractivity contribution in [3.63, 3.8) is 0 Å². The minimum Gasteiger partial charge on any atom is -0.371 e. The molecule has 1 aromatic heterocycles. The van der Waals surface area contributed by atoms with Crippen LogP contribution >= 0.6 is 0 Å². The normalized spacial score (nSPS) is 17.6. The lowest BCUT2D eigenvalue weighted by Crippen LogP contribution is -2.54. The maximum absolute atomic E-state index is 15.4. The number of piperidine rings is 2. The van der Waals surface area contributed by atoms with E-state index in [4.69, 9.17) is 0 Å². The fourth-order valence-corrected chi connectivity index (χ4v) is 8.02. The molecule has 0 bridgehead atoms. The first-order chi connectivity index (χ1) is 28.4. The number of sulfonamides is 1. The van der Waals surface area contributed by atoms with Crippen LogP contribution in [0.25, 0.3) is 0 Å². The zero-order valence-electron chi connectivity index (χ0n) is 32.7. The highest BCUT2D eigenvalue weighted by atomic mass is 32.2. The van der Waals surface area contributed by atoms with E-state index in [9.17, 15) is 40.8 Å². The summed E-state index contributed by atoms with van der Waals surface area (Å²) in [6, 6.07) is 15.0. The van der Waals surface area contributed by atoms with E-state index in [1.54, 1.807) is 36.4 Å². The topological polar surface area (TPSA) is 177 Å². The average Bonchev–Trinajstić information content (AvgIpc) is 3.43. The second kappa shape index (κ2) is 16.5. The van der Waals surface area contributed by atoms with E-state index in [-0.39, 0.29) is 54.6 Å². The van der Waals surface area contributed by atoms with Gasteiger partial charge in [0.05, 0.1) is 23.1 Å². The molecule has 4 heterocycles. The van der Waals surface area contributed by atoms with Crippen LogP contribution in [0.2, 0.25) is 0 Å². The van der Waals surface area contributed by atoms with Crippen LogP contribution in [0.15, 0.2) is 66.9 Å². The predicted molar refractivity (Wildman–Crippen MR) is 214 cm³/mol. The molecule has 0 radical (unpaired) electrons. The molecular weight excluding hydrogens is 811 g/mol. The van der Waals surface area contributed by atoms with Crippen molar-refractivity contribution in [3.8, 4) is 0 Å². The van der Waals surface area contributed by atoms with Gasteiger partial charge in [0.25, 0.3) is 11.8 Å². The first-order valence-corrected chi connectivity index (χ1v) is 20.8. The number of rotatable bonds is 12. The zero-order valence-corrected chi connectivity index (χ0v) is 33.5. The minimum absolute atomic E-state index is 0.000355. The number of carbonyl (C=O) groups is 4. The third-order valence-corrected chi connectivity index (χ3v) is 12.1. The number of halogens is 4. The third-order valence-electron chi connectivity index (χ3n) is 10.9. The van der Waals surface area contributed by atoms with Gasteiger partial charge < -0.3 is 15.5 Å². The summed E-state index contributed by atoms with van der Waals surface area (Å²) in [4.78, 5) is 63.3. The first kappa shape index (κ1) is 42.0. The Kier molecular flexibility index (Phi) is 11.5. The van der Waals surface area contributed by atoms with Crippen LogP contribution in [0, 0.1) is 5.82 Å². The van der Waals surface area contributed by atoms with Gasteiger partial charge in [0.2, 0.25) is 27.8 Å². The molecule has 60 heavy (non-hydrogen) atoms. The molecule has 4 aromatic rings. The average molecular weight is 852 g/mol. The van der Waals surface area contributed by atoms with E-state index < -0.39 is 63.1 Å². The molecule has 1 unspecified atom stereocenters. The Labute approximate surface area is 342 Å². The largest absolute Gasteiger partial charge is 0.421 e. The number of fused-ring (bicyclic) bond motifs is 1. The van der Waals surface area contributed by atoms with Gasteiger partial charge in [0.1, 0.15) is 23.2 Å². The second-order valence-electron chi connectivity index (χ2n) is 14.9. The third kappa shape index (κ3) is 8.88. The van der Waals surface area contributed by atoms with Crippen LogP contribution in [0.4, 0.5) is 46.4 Å². The maximum Gasteiger partial charge on any atom is 0.421 e. The Morgan fingerprint density at radius 3 is 2.27 bits per heavy atom. The summed E-state index contributed by atoms with van der Waals surface area (Å²) in [6.45, 7) is 1.44. The van der Waals surface area contributed by atoms with Gasteiger partial charge in [-0.1, -0.05) is 12.1 Å². The van der Waals surface area contributed by atoms with Crippen molar-refractivity contribution in [1.82, 2.24) is 25.1 Å². The molecule has 316 valence electrons. The van der Waals surface area contributed by atoms with Crippen molar-refractivity contribution in [1.29, 1.82) is 0 Å². The molecule has 3 aliphatic heterocycles. The number of anilines is 5. The van der Waals surface area contributed by atoms with Crippen LogP contribution in [0.3, 0.4) is 0 Å². The van der Waals surface area contributed by atoms with Crippen molar-refractivity contribution in [2.24, 2.45) is 0 Å². The number of carbonyl (C=O) groups excluding carboxylic acids is 4. The Balaban J connectivity index is 0.949. The number of alkyl halides is 3. The number of amides is 4. The molecule has 0 saturated carbocycles. The summed E-state index contributed by atoms with van der Waals surface area (Å²) in [7, 11) is -0.307. The molecule has 1 atom stereocenters. The van der Waals surface area contributed by atoms with E-state index >= 15 is 4.39 Å². The molecule has 0 spiro atoms. The SMILES string of the molecule is CN(Cc1cc2c(cc1F)C(=O)N(C1CCC(=O)NC1=O)C2=O)C1CCN(c2ccc(Nc3ncc(C(F)(F)F)c(NCc4cccc(N(C)S(C)(=O)=O)c4)n3)cc2)CC1. The number of imide groups is 2. The quantitative estimate of drug-likeness (QED) is 0.130. The van der Waals surface area contributed by atoms with Crippen LogP contribution in [-0.2, 0) is 38.9 Å². The number of nitrogens with one attached hydrogen (secondary N) is 3. The predicted octanol–water partition coefficient (Wildman–Crippen LogP) is 4.89. The number of aromatic nitrogens is 2. The molecular formula is C40H41F4N9O6S. The highest BCUT2D eigenvalue weighted by Crippen LogP contribution is 2.35.